The molecule has 3 rings (SSSR count). The van der Waals surface area contributed by atoms with Gasteiger partial charge in [0.2, 0.25) is 5.88 Å². The molecule has 0 aliphatic heterocycles. The predicted octanol–water partition coefficient (Wildman–Crippen LogP) is 4.59. The van der Waals surface area contributed by atoms with E-state index in [1.54, 1.807) is 43.5 Å². The van der Waals surface area contributed by atoms with Gasteiger partial charge in [0.25, 0.3) is 0 Å². The monoisotopic (exact) mass is 408 g/mol. The molecule has 0 saturated carbocycles. The molecule has 156 valence electrons. The fourth-order valence-corrected chi connectivity index (χ4v) is 2.73. The summed E-state index contributed by atoms with van der Waals surface area (Å²) in [6.45, 7) is 4.83. The number of hydrogen-bond acceptors (Lipinski definition) is 6. The molecule has 0 fully saturated rings. The van der Waals surface area contributed by atoms with Crippen LogP contribution in [0.5, 0.6) is 17.4 Å². The first-order chi connectivity index (χ1) is 14.6. The normalized spacial score (nSPS) is 10.2. The summed E-state index contributed by atoms with van der Waals surface area (Å²) in [6.07, 6.45) is 0. The van der Waals surface area contributed by atoms with E-state index in [0.29, 0.717) is 47.7 Å². The lowest BCUT2D eigenvalue weighted by Crippen LogP contribution is -2.19. The van der Waals surface area contributed by atoms with Gasteiger partial charge in [-0.2, -0.15) is 0 Å². The van der Waals surface area contributed by atoms with Crippen molar-refractivity contribution in [3.63, 3.8) is 0 Å². The number of aromatic nitrogens is 2. The first-order valence-corrected chi connectivity index (χ1v) is 9.58. The Morgan fingerprint density at radius 3 is 2.13 bits per heavy atom. The highest BCUT2D eigenvalue weighted by molar-refractivity contribution is 6.00. The van der Waals surface area contributed by atoms with E-state index < -0.39 is 0 Å². The molecule has 8 heteroatoms. The van der Waals surface area contributed by atoms with E-state index in [1.165, 1.54) is 0 Å². The molecule has 0 atom stereocenters. The molecule has 3 aromatic rings. The molecule has 0 radical (unpaired) electrons. The Morgan fingerprint density at radius 2 is 1.50 bits per heavy atom. The number of nitrogens with one attached hydrogen (secondary N) is 2. The molecule has 2 amide bonds. The number of urea groups is 1. The molecule has 1 aromatic heterocycles. The van der Waals surface area contributed by atoms with Crippen LogP contribution in [0.2, 0.25) is 0 Å². The van der Waals surface area contributed by atoms with Crippen LogP contribution < -0.4 is 24.8 Å². The third kappa shape index (κ3) is 5.38. The van der Waals surface area contributed by atoms with Crippen LogP contribution in [-0.4, -0.2) is 36.6 Å². The van der Waals surface area contributed by atoms with Gasteiger partial charge in [-0.15, -0.1) is 10.2 Å². The molecule has 1 heterocycles. The molecule has 30 heavy (non-hydrogen) atoms. The Morgan fingerprint density at radius 1 is 0.833 bits per heavy atom. The van der Waals surface area contributed by atoms with Gasteiger partial charge in [-0.1, -0.05) is 12.1 Å². The quantitative estimate of drug-likeness (QED) is 0.566. The SMILES string of the molecule is CCOc1ccc(NC(=O)Nc2ccc(-c3ccc(OC)nn3)cc2)cc1OCC. The third-order valence-corrected chi connectivity index (χ3v) is 4.09. The lowest BCUT2D eigenvalue weighted by Gasteiger charge is -2.13. The minimum absolute atomic E-state index is 0.362. The van der Waals surface area contributed by atoms with E-state index in [9.17, 15) is 4.79 Å². The van der Waals surface area contributed by atoms with Gasteiger partial charge < -0.3 is 24.8 Å². The molecule has 0 unspecified atom stereocenters. The Hall–Kier alpha value is -3.81. The molecule has 0 bridgehead atoms. The van der Waals surface area contributed by atoms with Crippen LogP contribution in [0.15, 0.2) is 54.6 Å². The van der Waals surface area contributed by atoms with Gasteiger partial charge in [0.1, 0.15) is 0 Å². The van der Waals surface area contributed by atoms with Crippen LogP contribution in [0.1, 0.15) is 13.8 Å². The number of nitrogens with zero attached hydrogens (tertiary/aromatic N) is 2. The summed E-state index contributed by atoms with van der Waals surface area (Å²) in [4.78, 5) is 12.4. The van der Waals surface area contributed by atoms with Crippen LogP contribution >= 0.6 is 0 Å². The van der Waals surface area contributed by atoms with Gasteiger partial charge >= 0.3 is 6.03 Å². The molecule has 0 aliphatic carbocycles. The average molecular weight is 408 g/mol. The van der Waals surface area contributed by atoms with Gasteiger partial charge in [-0.3, -0.25) is 0 Å². The highest BCUT2D eigenvalue weighted by Gasteiger charge is 2.09. The summed E-state index contributed by atoms with van der Waals surface area (Å²) in [5.41, 5.74) is 2.84. The second kappa shape index (κ2) is 10.1. The Kier molecular flexibility index (Phi) is 7.05. The highest BCUT2D eigenvalue weighted by Crippen LogP contribution is 2.30. The van der Waals surface area contributed by atoms with E-state index in [0.717, 1.165) is 5.56 Å². The minimum atomic E-state index is -0.362. The van der Waals surface area contributed by atoms with Crippen molar-refractivity contribution >= 4 is 17.4 Å². The number of rotatable bonds is 8. The van der Waals surface area contributed by atoms with E-state index in [-0.39, 0.29) is 6.03 Å². The largest absolute Gasteiger partial charge is 0.490 e. The van der Waals surface area contributed by atoms with Crippen LogP contribution in [0, 0.1) is 0 Å². The van der Waals surface area contributed by atoms with Crippen LogP contribution in [0.25, 0.3) is 11.3 Å². The maximum absolute atomic E-state index is 12.4. The number of anilines is 2. The molecule has 0 spiro atoms. The number of carbonyl (C=O) groups excluding carboxylic acids is 1. The first kappa shape index (κ1) is 20.9. The second-order valence-corrected chi connectivity index (χ2v) is 6.14. The lowest BCUT2D eigenvalue weighted by molar-refractivity contribution is 0.262. The summed E-state index contributed by atoms with van der Waals surface area (Å²) in [5, 5.41) is 13.7. The smallest absolute Gasteiger partial charge is 0.323 e. The van der Waals surface area contributed by atoms with E-state index in [4.69, 9.17) is 14.2 Å². The van der Waals surface area contributed by atoms with E-state index in [2.05, 4.69) is 20.8 Å². The molecular weight excluding hydrogens is 384 g/mol. The van der Waals surface area contributed by atoms with Gasteiger partial charge in [-0.05, 0) is 44.2 Å². The zero-order valence-electron chi connectivity index (χ0n) is 17.1. The number of carbonyl (C=O) groups is 1. The Balaban J connectivity index is 1.63. The van der Waals surface area contributed by atoms with Crippen molar-refractivity contribution in [1.82, 2.24) is 10.2 Å². The standard InChI is InChI=1S/C22H24N4O4/c1-4-29-19-12-10-17(14-20(19)30-5-2)24-22(27)23-16-8-6-15(7-9-16)18-11-13-21(28-3)26-25-18/h6-14H,4-5H2,1-3H3,(H2,23,24,27). The van der Waals surface area contributed by atoms with Crippen molar-refractivity contribution in [2.45, 2.75) is 13.8 Å². The zero-order valence-corrected chi connectivity index (χ0v) is 17.1. The van der Waals surface area contributed by atoms with Crippen molar-refractivity contribution < 1.29 is 19.0 Å². The number of hydrogen-bond donors (Lipinski definition) is 2. The summed E-state index contributed by atoms with van der Waals surface area (Å²) in [6, 6.07) is 15.8. The van der Waals surface area contributed by atoms with E-state index in [1.807, 2.05) is 32.0 Å². The Labute approximate surface area is 175 Å². The third-order valence-electron chi connectivity index (χ3n) is 4.09. The maximum atomic E-state index is 12.4. The van der Waals surface area contributed by atoms with Gasteiger partial charge in [0, 0.05) is 29.1 Å². The number of benzene rings is 2. The van der Waals surface area contributed by atoms with Crippen LogP contribution in [-0.2, 0) is 0 Å². The minimum Gasteiger partial charge on any atom is -0.490 e. The molecular formula is C22H24N4O4. The van der Waals surface area contributed by atoms with Gasteiger partial charge in [-0.25, -0.2) is 4.79 Å². The van der Waals surface area contributed by atoms with Crippen LogP contribution in [0.4, 0.5) is 16.2 Å². The summed E-state index contributed by atoms with van der Waals surface area (Å²) in [5.74, 6) is 1.68. The van der Waals surface area contributed by atoms with Crippen molar-refractivity contribution in [2.24, 2.45) is 0 Å². The topological polar surface area (TPSA) is 94.6 Å². The summed E-state index contributed by atoms with van der Waals surface area (Å²) >= 11 is 0. The molecule has 2 aromatic carbocycles. The second-order valence-electron chi connectivity index (χ2n) is 6.14. The zero-order chi connectivity index (χ0) is 21.3. The summed E-state index contributed by atoms with van der Waals surface area (Å²) < 4.78 is 16.1. The van der Waals surface area contributed by atoms with E-state index >= 15 is 0 Å². The fraction of sp³-hybridized carbons (Fsp3) is 0.227. The molecule has 8 nitrogen and oxygen atoms in total. The maximum Gasteiger partial charge on any atom is 0.323 e. The average Bonchev–Trinajstić information content (AvgIpc) is 2.76. The van der Waals surface area contributed by atoms with Gasteiger partial charge in [0.05, 0.1) is 26.0 Å². The fourth-order valence-electron chi connectivity index (χ4n) is 2.73. The Bertz CT molecular complexity index is 975. The first-order valence-electron chi connectivity index (χ1n) is 9.58. The predicted molar refractivity (Wildman–Crippen MR) is 115 cm³/mol. The molecule has 2 N–H and O–H groups in total. The van der Waals surface area contributed by atoms with Crippen molar-refractivity contribution in [3.05, 3.63) is 54.6 Å². The lowest BCUT2D eigenvalue weighted by atomic mass is 10.1. The van der Waals surface area contributed by atoms with Crippen molar-refractivity contribution in [2.75, 3.05) is 31.0 Å². The van der Waals surface area contributed by atoms with Crippen molar-refractivity contribution in [1.29, 1.82) is 0 Å². The number of amides is 2. The highest BCUT2D eigenvalue weighted by atomic mass is 16.5. The number of ether oxygens (including phenoxy) is 3. The van der Waals surface area contributed by atoms with Crippen molar-refractivity contribution in [3.8, 4) is 28.6 Å². The van der Waals surface area contributed by atoms with Gasteiger partial charge in [0.15, 0.2) is 11.5 Å². The van der Waals surface area contributed by atoms with Crippen LogP contribution in [0.3, 0.4) is 0 Å². The summed E-state index contributed by atoms with van der Waals surface area (Å²) in [7, 11) is 1.54. The molecule has 0 saturated heterocycles. The molecule has 0 aliphatic rings. The number of methoxy groups -OCH3 is 1.